The summed E-state index contributed by atoms with van der Waals surface area (Å²) in [5, 5.41) is 20.3. The van der Waals surface area contributed by atoms with Gasteiger partial charge in [-0.1, -0.05) is 0 Å². The molecule has 0 aromatic rings. The minimum atomic E-state index is -1.05. The number of hydrogen-bond donors (Lipinski definition) is 3. The molecule has 0 saturated heterocycles. The van der Waals surface area contributed by atoms with Crippen LogP contribution in [-0.4, -0.2) is 22.2 Å². The molecular formula is C7H9NO3. The predicted octanol–water partition coefficient (Wildman–Crippen LogP) is 0.389. The number of rotatable bonds is 1. The van der Waals surface area contributed by atoms with Crippen molar-refractivity contribution < 1.29 is 15.0 Å². The highest BCUT2D eigenvalue weighted by atomic mass is 16.4. The van der Waals surface area contributed by atoms with E-state index in [-0.39, 0.29) is 17.4 Å². The van der Waals surface area contributed by atoms with E-state index in [1.54, 1.807) is 6.92 Å². The molecule has 0 fully saturated rings. The number of aliphatic hydroxyl groups excluding tert-OH is 1. The number of aliphatic hydroxyl groups is 1. The molecule has 1 unspecified atom stereocenters. The van der Waals surface area contributed by atoms with Gasteiger partial charge in [0.15, 0.2) is 0 Å². The SMILES string of the molecule is CC1NC=C(C(=O)O)C=C1O. The maximum absolute atomic E-state index is 10.3. The fourth-order valence-corrected chi connectivity index (χ4v) is 0.750. The van der Waals surface area contributed by atoms with Crippen LogP contribution in [-0.2, 0) is 4.79 Å². The van der Waals surface area contributed by atoms with Gasteiger partial charge in [0.2, 0.25) is 0 Å². The van der Waals surface area contributed by atoms with Crippen LogP contribution < -0.4 is 5.32 Å². The van der Waals surface area contributed by atoms with Crippen LogP contribution in [0.4, 0.5) is 0 Å². The van der Waals surface area contributed by atoms with Gasteiger partial charge in [-0.05, 0) is 13.0 Å². The smallest absolute Gasteiger partial charge is 0.337 e. The summed E-state index contributed by atoms with van der Waals surface area (Å²) in [6.45, 7) is 1.74. The molecule has 4 heteroatoms. The lowest BCUT2D eigenvalue weighted by atomic mass is 10.1. The largest absolute Gasteiger partial charge is 0.510 e. The van der Waals surface area contributed by atoms with Crippen molar-refractivity contribution in [1.82, 2.24) is 5.32 Å². The van der Waals surface area contributed by atoms with E-state index in [2.05, 4.69) is 5.32 Å². The third-order valence-electron chi connectivity index (χ3n) is 1.48. The molecular weight excluding hydrogens is 146 g/mol. The van der Waals surface area contributed by atoms with Crippen molar-refractivity contribution in [2.24, 2.45) is 0 Å². The van der Waals surface area contributed by atoms with Crippen molar-refractivity contribution in [1.29, 1.82) is 0 Å². The number of carboxylic acids is 1. The molecule has 0 amide bonds. The van der Waals surface area contributed by atoms with Crippen molar-refractivity contribution >= 4 is 5.97 Å². The van der Waals surface area contributed by atoms with Gasteiger partial charge in [-0.2, -0.15) is 0 Å². The number of carbonyl (C=O) groups is 1. The van der Waals surface area contributed by atoms with Crippen LogP contribution in [0.3, 0.4) is 0 Å². The summed E-state index contributed by atoms with van der Waals surface area (Å²) in [5.41, 5.74) is 0.0700. The molecule has 1 atom stereocenters. The van der Waals surface area contributed by atoms with Gasteiger partial charge in [0.05, 0.1) is 11.6 Å². The molecule has 4 nitrogen and oxygen atoms in total. The van der Waals surface area contributed by atoms with Gasteiger partial charge in [0, 0.05) is 6.20 Å². The number of aliphatic carboxylic acids is 1. The average molecular weight is 155 g/mol. The first kappa shape index (κ1) is 7.65. The Labute approximate surface area is 63.8 Å². The molecule has 1 aliphatic rings. The van der Waals surface area contributed by atoms with Crippen LogP contribution in [0.15, 0.2) is 23.6 Å². The monoisotopic (exact) mass is 155 g/mol. The number of dihydropyridines is 1. The molecule has 0 aromatic heterocycles. The maximum atomic E-state index is 10.3. The van der Waals surface area contributed by atoms with E-state index in [0.29, 0.717) is 0 Å². The summed E-state index contributed by atoms with van der Waals surface area (Å²) in [5.74, 6) is -0.999. The Hall–Kier alpha value is -1.45. The highest BCUT2D eigenvalue weighted by Gasteiger charge is 2.14. The first-order valence-corrected chi connectivity index (χ1v) is 3.21. The third kappa shape index (κ3) is 1.52. The van der Waals surface area contributed by atoms with Crippen molar-refractivity contribution in [2.75, 3.05) is 0 Å². The average Bonchev–Trinajstić information content (AvgIpc) is 1.94. The molecule has 0 spiro atoms. The van der Waals surface area contributed by atoms with E-state index in [1.165, 1.54) is 12.3 Å². The lowest BCUT2D eigenvalue weighted by molar-refractivity contribution is -0.132. The molecule has 1 aliphatic heterocycles. The molecule has 0 aliphatic carbocycles. The first-order chi connectivity index (χ1) is 5.11. The van der Waals surface area contributed by atoms with Crippen molar-refractivity contribution in [3.63, 3.8) is 0 Å². The van der Waals surface area contributed by atoms with E-state index < -0.39 is 5.97 Å². The van der Waals surface area contributed by atoms with E-state index in [4.69, 9.17) is 10.2 Å². The normalized spacial score (nSPS) is 23.2. The van der Waals surface area contributed by atoms with Crippen molar-refractivity contribution in [2.45, 2.75) is 13.0 Å². The highest BCUT2D eigenvalue weighted by molar-refractivity contribution is 5.90. The summed E-state index contributed by atoms with van der Waals surface area (Å²) in [4.78, 5) is 10.3. The Kier molecular flexibility index (Phi) is 1.85. The third-order valence-corrected chi connectivity index (χ3v) is 1.48. The molecule has 1 rings (SSSR count). The van der Waals surface area contributed by atoms with Crippen LogP contribution in [0.2, 0.25) is 0 Å². The fourth-order valence-electron chi connectivity index (χ4n) is 0.750. The van der Waals surface area contributed by atoms with E-state index >= 15 is 0 Å². The van der Waals surface area contributed by atoms with Crippen molar-refractivity contribution in [3.8, 4) is 0 Å². The van der Waals surface area contributed by atoms with Gasteiger partial charge in [-0.3, -0.25) is 0 Å². The Balaban J connectivity index is 2.83. The Morgan fingerprint density at radius 1 is 1.73 bits per heavy atom. The van der Waals surface area contributed by atoms with Crippen LogP contribution in [0, 0.1) is 0 Å². The second kappa shape index (κ2) is 2.65. The molecule has 0 saturated carbocycles. The molecule has 11 heavy (non-hydrogen) atoms. The van der Waals surface area contributed by atoms with Gasteiger partial charge in [-0.15, -0.1) is 0 Å². The standard InChI is InChI=1S/C7H9NO3/c1-4-6(9)2-5(3-8-4)7(10)11/h2-4,8-9H,1H3,(H,10,11). The summed E-state index contributed by atoms with van der Waals surface area (Å²) in [6, 6.07) is -0.196. The lowest BCUT2D eigenvalue weighted by Crippen LogP contribution is -2.27. The van der Waals surface area contributed by atoms with Crippen LogP contribution in [0.25, 0.3) is 0 Å². The summed E-state index contributed by atoms with van der Waals surface area (Å²) >= 11 is 0. The van der Waals surface area contributed by atoms with E-state index in [0.717, 1.165) is 0 Å². The van der Waals surface area contributed by atoms with Gasteiger partial charge in [-0.25, -0.2) is 4.79 Å². The predicted molar refractivity (Wildman–Crippen MR) is 39.0 cm³/mol. The van der Waals surface area contributed by atoms with Crippen molar-refractivity contribution in [3.05, 3.63) is 23.6 Å². The quantitative estimate of drug-likeness (QED) is 0.512. The first-order valence-electron chi connectivity index (χ1n) is 3.21. The topological polar surface area (TPSA) is 69.6 Å². The molecule has 60 valence electrons. The lowest BCUT2D eigenvalue weighted by Gasteiger charge is -2.15. The van der Waals surface area contributed by atoms with Gasteiger partial charge < -0.3 is 15.5 Å². The minimum Gasteiger partial charge on any atom is -0.510 e. The van der Waals surface area contributed by atoms with Gasteiger partial charge >= 0.3 is 5.97 Å². The molecule has 3 N–H and O–H groups in total. The zero-order chi connectivity index (χ0) is 8.43. The molecule has 0 radical (unpaired) electrons. The van der Waals surface area contributed by atoms with E-state index in [9.17, 15) is 4.79 Å². The molecule has 1 heterocycles. The molecule has 0 bridgehead atoms. The molecule has 0 aromatic carbocycles. The van der Waals surface area contributed by atoms with Crippen LogP contribution in [0.1, 0.15) is 6.92 Å². The second-order valence-corrected chi connectivity index (χ2v) is 2.36. The summed E-state index contributed by atoms with van der Waals surface area (Å²) in [6.07, 6.45) is 2.61. The van der Waals surface area contributed by atoms with Crippen LogP contribution >= 0.6 is 0 Å². The number of carboxylic acid groups (broad SMARTS) is 1. The fraction of sp³-hybridized carbons (Fsp3) is 0.286. The summed E-state index contributed by atoms with van der Waals surface area (Å²) < 4.78 is 0. The van der Waals surface area contributed by atoms with Crippen LogP contribution in [0.5, 0.6) is 0 Å². The Morgan fingerprint density at radius 3 is 2.82 bits per heavy atom. The summed E-state index contributed by atoms with van der Waals surface area (Å²) in [7, 11) is 0. The zero-order valence-corrected chi connectivity index (χ0v) is 6.03. The van der Waals surface area contributed by atoms with Gasteiger partial charge in [0.25, 0.3) is 0 Å². The zero-order valence-electron chi connectivity index (χ0n) is 6.03. The minimum absolute atomic E-state index is 0.0462. The second-order valence-electron chi connectivity index (χ2n) is 2.36. The number of nitrogens with one attached hydrogen (secondary N) is 1. The number of hydrogen-bond acceptors (Lipinski definition) is 3. The maximum Gasteiger partial charge on any atom is 0.337 e. The van der Waals surface area contributed by atoms with E-state index in [1.807, 2.05) is 0 Å². The van der Waals surface area contributed by atoms with Gasteiger partial charge in [0.1, 0.15) is 5.76 Å². The highest BCUT2D eigenvalue weighted by Crippen LogP contribution is 2.09. The Bertz CT molecular complexity index is 242. The Morgan fingerprint density at radius 2 is 2.36 bits per heavy atom.